The van der Waals surface area contributed by atoms with E-state index in [4.69, 9.17) is 5.73 Å². The first-order valence-corrected chi connectivity index (χ1v) is 6.99. The molecule has 1 rings (SSSR count). The second-order valence-corrected chi connectivity index (χ2v) is 5.35. The van der Waals surface area contributed by atoms with Gasteiger partial charge in [0.2, 0.25) is 0 Å². The molecule has 1 atom stereocenters. The van der Waals surface area contributed by atoms with Crippen molar-refractivity contribution < 1.29 is 5.11 Å². The fourth-order valence-corrected chi connectivity index (χ4v) is 1.99. The van der Waals surface area contributed by atoms with Crippen molar-refractivity contribution in [2.24, 2.45) is 0 Å². The van der Waals surface area contributed by atoms with E-state index in [0.29, 0.717) is 12.4 Å². The first-order chi connectivity index (χ1) is 8.89. The van der Waals surface area contributed by atoms with Gasteiger partial charge in [-0.05, 0) is 26.7 Å². The van der Waals surface area contributed by atoms with Crippen molar-refractivity contribution in [2.75, 3.05) is 17.6 Å². The second-order valence-electron chi connectivity index (χ2n) is 5.35. The molecule has 4 N–H and O–H groups in total. The predicted molar refractivity (Wildman–Crippen MR) is 79.2 cm³/mol. The molecule has 0 saturated heterocycles. The molecule has 1 heterocycles. The summed E-state index contributed by atoms with van der Waals surface area (Å²) < 4.78 is 0. The topological polar surface area (TPSA) is 84.1 Å². The number of nitrogen functional groups attached to an aromatic ring is 1. The molecule has 1 unspecified atom stereocenters. The highest BCUT2D eigenvalue weighted by Crippen LogP contribution is 2.20. The molecule has 0 aliphatic rings. The zero-order valence-corrected chi connectivity index (χ0v) is 12.5. The third kappa shape index (κ3) is 4.67. The molecule has 5 heteroatoms. The Labute approximate surface area is 115 Å². The van der Waals surface area contributed by atoms with Crippen LogP contribution in [-0.2, 0) is 6.42 Å². The molecule has 0 aliphatic carbocycles. The van der Waals surface area contributed by atoms with E-state index in [1.807, 2.05) is 13.8 Å². The minimum Gasteiger partial charge on any atom is -0.388 e. The van der Waals surface area contributed by atoms with Crippen LogP contribution in [-0.4, -0.2) is 27.2 Å². The Morgan fingerprint density at radius 1 is 1.26 bits per heavy atom. The highest BCUT2D eigenvalue weighted by Gasteiger charge is 2.19. The number of aromatic nitrogens is 2. The largest absolute Gasteiger partial charge is 0.388 e. The zero-order chi connectivity index (χ0) is 14.5. The Morgan fingerprint density at radius 2 is 1.95 bits per heavy atom. The molecular weight excluding hydrogens is 240 g/mol. The summed E-state index contributed by atoms with van der Waals surface area (Å²) in [5, 5.41) is 13.4. The zero-order valence-electron chi connectivity index (χ0n) is 12.5. The van der Waals surface area contributed by atoms with Crippen LogP contribution < -0.4 is 11.1 Å². The summed E-state index contributed by atoms with van der Waals surface area (Å²) in [6.07, 6.45) is 3.49. The van der Waals surface area contributed by atoms with Gasteiger partial charge in [0.1, 0.15) is 17.5 Å². The first-order valence-electron chi connectivity index (χ1n) is 6.99. The van der Waals surface area contributed by atoms with Gasteiger partial charge in [0.05, 0.1) is 5.60 Å². The summed E-state index contributed by atoms with van der Waals surface area (Å²) in [5.41, 5.74) is 6.01. The standard InChI is InChI=1S/C14H26N4O/c1-5-7-11-17-12(15)10(3)13(18-11)16-9-14(4,19)8-6-2/h19H,5-9H2,1-4H3,(H3,15,16,17,18). The third-order valence-electron chi connectivity index (χ3n) is 3.13. The van der Waals surface area contributed by atoms with Crippen molar-refractivity contribution in [3.63, 3.8) is 0 Å². The predicted octanol–water partition coefficient (Wildman–Crippen LogP) is 2.28. The number of hydrogen-bond acceptors (Lipinski definition) is 5. The maximum absolute atomic E-state index is 10.2. The average Bonchev–Trinajstić information content (AvgIpc) is 2.32. The first kappa shape index (κ1) is 15.7. The van der Waals surface area contributed by atoms with E-state index in [2.05, 4.69) is 29.1 Å². The smallest absolute Gasteiger partial charge is 0.134 e. The van der Waals surface area contributed by atoms with E-state index in [0.717, 1.165) is 42.9 Å². The number of anilines is 2. The number of nitrogens with zero attached hydrogens (tertiary/aromatic N) is 2. The Balaban J connectivity index is 2.82. The van der Waals surface area contributed by atoms with E-state index in [9.17, 15) is 5.11 Å². The van der Waals surface area contributed by atoms with Crippen molar-refractivity contribution >= 4 is 11.6 Å². The lowest BCUT2D eigenvalue weighted by Gasteiger charge is -2.24. The molecular formula is C14H26N4O. The molecule has 108 valence electrons. The normalized spacial score (nSPS) is 14.2. The molecule has 5 nitrogen and oxygen atoms in total. The van der Waals surface area contributed by atoms with Gasteiger partial charge in [-0.3, -0.25) is 0 Å². The van der Waals surface area contributed by atoms with Gasteiger partial charge in [-0.25, -0.2) is 9.97 Å². The number of aliphatic hydroxyl groups is 1. The van der Waals surface area contributed by atoms with Gasteiger partial charge in [0.15, 0.2) is 0 Å². The van der Waals surface area contributed by atoms with Crippen LogP contribution in [0, 0.1) is 6.92 Å². The van der Waals surface area contributed by atoms with Crippen LogP contribution in [0.25, 0.3) is 0 Å². The van der Waals surface area contributed by atoms with Crippen molar-refractivity contribution in [3.05, 3.63) is 11.4 Å². The number of nitrogens with two attached hydrogens (primary N) is 1. The molecule has 0 aromatic carbocycles. The maximum Gasteiger partial charge on any atom is 0.134 e. The summed E-state index contributed by atoms with van der Waals surface area (Å²) in [6, 6.07) is 0. The minimum atomic E-state index is -0.730. The van der Waals surface area contributed by atoms with Gasteiger partial charge in [-0.15, -0.1) is 0 Å². The highest BCUT2D eigenvalue weighted by atomic mass is 16.3. The number of aryl methyl sites for hydroxylation is 1. The van der Waals surface area contributed by atoms with Crippen LogP contribution >= 0.6 is 0 Å². The number of rotatable bonds is 7. The van der Waals surface area contributed by atoms with Crippen LogP contribution in [0.2, 0.25) is 0 Å². The third-order valence-corrected chi connectivity index (χ3v) is 3.13. The Kier molecular flexibility index (Phi) is 5.54. The van der Waals surface area contributed by atoms with Crippen LogP contribution in [0.1, 0.15) is 51.4 Å². The molecule has 0 bridgehead atoms. The fraction of sp³-hybridized carbons (Fsp3) is 0.714. The molecule has 0 spiro atoms. The summed E-state index contributed by atoms with van der Waals surface area (Å²) in [6.45, 7) is 8.32. The minimum absolute atomic E-state index is 0.462. The molecule has 1 aromatic heterocycles. The van der Waals surface area contributed by atoms with Crippen LogP contribution in [0.15, 0.2) is 0 Å². The maximum atomic E-state index is 10.2. The summed E-state index contributed by atoms with van der Waals surface area (Å²) >= 11 is 0. The Morgan fingerprint density at radius 3 is 2.53 bits per heavy atom. The van der Waals surface area contributed by atoms with E-state index in [1.165, 1.54) is 0 Å². The quantitative estimate of drug-likeness (QED) is 0.705. The molecule has 0 aliphatic heterocycles. The van der Waals surface area contributed by atoms with Gasteiger partial charge in [0.25, 0.3) is 0 Å². The molecule has 0 fully saturated rings. The van der Waals surface area contributed by atoms with Crippen LogP contribution in [0.5, 0.6) is 0 Å². The van der Waals surface area contributed by atoms with Gasteiger partial charge < -0.3 is 16.2 Å². The van der Waals surface area contributed by atoms with Crippen molar-refractivity contribution in [3.8, 4) is 0 Å². The summed E-state index contributed by atoms with van der Waals surface area (Å²) in [5.74, 6) is 1.99. The summed E-state index contributed by atoms with van der Waals surface area (Å²) in [4.78, 5) is 8.74. The van der Waals surface area contributed by atoms with Crippen LogP contribution in [0.4, 0.5) is 11.6 Å². The lowest BCUT2D eigenvalue weighted by molar-refractivity contribution is 0.0636. The molecule has 0 amide bonds. The lowest BCUT2D eigenvalue weighted by atomic mass is 10.0. The fourth-order valence-electron chi connectivity index (χ4n) is 1.99. The molecule has 0 radical (unpaired) electrons. The van der Waals surface area contributed by atoms with Gasteiger partial charge in [0, 0.05) is 18.5 Å². The van der Waals surface area contributed by atoms with Crippen molar-refractivity contribution in [1.82, 2.24) is 9.97 Å². The van der Waals surface area contributed by atoms with E-state index in [1.54, 1.807) is 0 Å². The second kappa shape index (κ2) is 6.70. The number of nitrogens with one attached hydrogen (secondary N) is 1. The van der Waals surface area contributed by atoms with E-state index >= 15 is 0 Å². The van der Waals surface area contributed by atoms with Crippen molar-refractivity contribution in [1.29, 1.82) is 0 Å². The Hall–Kier alpha value is -1.36. The molecule has 19 heavy (non-hydrogen) atoms. The Bertz CT molecular complexity index is 418. The van der Waals surface area contributed by atoms with Crippen LogP contribution in [0.3, 0.4) is 0 Å². The van der Waals surface area contributed by atoms with E-state index < -0.39 is 5.60 Å². The van der Waals surface area contributed by atoms with Crippen molar-refractivity contribution in [2.45, 2.75) is 59.0 Å². The van der Waals surface area contributed by atoms with Gasteiger partial charge in [-0.1, -0.05) is 20.3 Å². The van der Waals surface area contributed by atoms with Gasteiger partial charge in [-0.2, -0.15) is 0 Å². The summed E-state index contributed by atoms with van der Waals surface area (Å²) in [7, 11) is 0. The van der Waals surface area contributed by atoms with E-state index in [-0.39, 0.29) is 0 Å². The SMILES string of the molecule is CCCc1nc(N)c(C)c(NCC(C)(O)CCC)n1. The number of hydrogen-bond donors (Lipinski definition) is 3. The molecule has 0 saturated carbocycles. The monoisotopic (exact) mass is 266 g/mol. The lowest BCUT2D eigenvalue weighted by Crippen LogP contribution is -2.33. The average molecular weight is 266 g/mol. The highest BCUT2D eigenvalue weighted by molar-refractivity contribution is 5.54. The van der Waals surface area contributed by atoms with Gasteiger partial charge >= 0.3 is 0 Å². The molecule has 1 aromatic rings.